The van der Waals surface area contributed by atoms with Gasteiger partial charge in [-0.15, -0.1) is 0 Å². The summed E-state index contributed by atoms with van der Waals surface area (Å²) in [5.74, 6) is 0. The first-order valence-corrected chi connectivity index (χ1v) is 13.2. The Morgan fingerprint density at radius 1 is 0.769 bits per heavy atom. The second-order valence-corrected chi connectivity index (χ2v) is 12.6. The van der Waals surface area contributed by atoms with Crippen molar-refractivity contribution in [1.29, 1.82) is 5.41 Å². The third kappa shape index (κ3) is 7.31. The van der Waals surface area contributed by atoms with E-state index in [0.717, 1.165) is 0 Å². The summed E-state index contributed by atoms with van der Waals surface area (Å²) in [6, 6.07) is -1.80. The highest BCUT2D eigenvalue weighted by Crippen LogP contribution is 2.69. The number of hydrogen-bond acceptors (Lipinski definition) is 7. The van der Waals surface area contributed by atoms with Crippen molar-refractivity contribution in [2.75, 3.05) is 6.61 Å². The molecule has 1 atom stereocenters. The second kappa shape index (κ2) is 9.13. The zero-order valence-electron chi connectivity index (χ0n) is 12.8. The van der Waals surface area contributed by atoms with E-state index in [2.05, 4.69) is 0 Å². The summed E-state index contributed by atoms with van der Waals surface area (Å²) in [5, 5.41) is 16.0. The van der Waals surface area contributed by atoms with Gasteiger partial charge in [-0.1, -0.05) is 0 Å². The monoisotopic (exact) mass is 464 g/mol. The number of rotatable bonds is 11. The topological polar surface area (TPSA) is 277 Å². The van der Waals surface area contributed by atoms with Crippen molar-refractivity contribution in [3.05, 3.63) is 0 Å². The fourth-order valence-corrected chi connectivity index (χ4v) is 8.49. The van der Waals surface area contributed by atoms with Crippen molar-refractivity contribution in [3.63, 3.8) is 0 Å². The Hall–Kier alpha value is 0.190. The molecule has 0 aliphatic carbocycles. The van der Waals surface area contributed by atoms with Gasteiger partial charge in [-0.25, -0.2) is 0 Å². The van der Waals surface area contributed by atoms with Crippen LogP contribution in [0.2, 0.25) is 0 Å². The van der Waals surface area contributed by atoms with Gasteiger partial charge in [0.1, 0.15) is 0 Å². The summed E-state index contributed by atoms with van der Waals surface area (Å²) < 4.78 is 46.5. The molecule has 0 fully saturated rings. The van der Waals surface area contributed by atoms with Gasteiger partial charge in [0.15, 0.2) is 0 Å². The zero-order chi connectivity index (χ0) is 21.1. The highest BCUT2D eigenvalue weighted by molar-refractivity contribution is 7.72. The zero-order valence-corrected chi connectivity index (χ0v) is 16.4. The first kappa shape index (κ1) is 26.2. The van der Waals surface area contributed by atoms with Crippen LogP contribution in [0.25, 0.3) is 0 Å². The molecule has 0 heterocycles. The normalized spacial score (nSPS) is 15.7. The van der Waals surface area contributed by atoms with E-state index in [9.17, 15) is 57.4 Å². The molecule has 0 radical (unpaired) electrons. The van der Waals surface area contributed by atoms with Gasteiger partial charge in [0.2, 0.25) is 11.0 Å². The molecule has 19 heteroatoms. The van der Waals surface area contributed by atoms with Gasteiger partial charge in [-0.05, 0) is 19.1 Å². The number of aliphatic hydroxyl groups excluding tert-OH is 1. The van der Waals surface area contributed by atoms with Crippen molar-refractivity contribution < 1.29 is 62.5 Å². The van der Waals surface area contributed by atoms with Crippen molar-refractivity contribution in [1.82, 2.24) is 4.90 Å². The number of aliphatic hydroxyl groups is 1. The summed E-state index contributed by atoms with van der Waals surface area (Å²) >= 11 is 0. The van der Waals surface area contributed by atoms with E-state index >= 15 is 0 Å². The molecule has 156 valence electrons. The molecule has 0 spiro atoms. The molecule has 0 saturated heterocycles. The molecular weight excluding hydrogens is 444 g/mol. The highest BCUT2D eigenvalue weighted by atomic mass is 31.2. The Morgan fingerprint density at radius 3 is 1.27 bits per heavy atom. The third-order valence-electron chi connectivity index (χ3n) is 3.01. The maximum absolute atomic E-state index is 11.6. The molecule has 0 aromatic rings. The molecular formula is C7H20N2O13P4. The Labute approximate surface area is 146 Å². The Morgan fingerprint density at radius 2 is 1.08 bits per heavy atom. The van der Waals surface area contributed by atoms with Gasteiger partial charge in [0.25, 0.3) is 0 Å². The molecule has 10 N–H and O–H groups in total. The van der Waals surface area contributed by atoms with E-state index in [1.54, 1.807) is 0 Å². The highest BCUT2D eigenvalue weighted by Gasteiger charge is 2.60. The summed E-state index contributed by atoms with van der Waals surface area (Å²) in [6.07, 6.45) is -0.837. The van der Waals surface area contributed by atoms with E-state index < -0.39 is 66.9 Å². The van der Waals surface area contributed by atoms with Crippen LogP contribution in [0.3, 0.4) is 0 Å². The smallest absolute Gasteiger partial charge is 0.355 e. The van der Waals surface area contributed by atoms with Crippen LogP contribution in [0.5, 0.6) is 0 Å². The number of nitrogens with zero attached hydrogens (tertiary/aromatic N) is 1. The first-order chi connectivity index (χ1) is 11.4. The Balaban J connectivity index is 6.92. The molecule has 26 heavy (non-hydrogen) atoms. The minimum absolute atomic E-state index is 0.357. The SMILES string of the molecule is N=CCC(CCO)N(C(P(=O)(O)O)P(=O)(O)O)C(P(=O)(O)O)P(=O)(O)O. The molecule has 0 bridgehead atoms. The van der Waals surface area contributed by atoms with Crippen molar-refractivity contribution in [2.45, 2.75) is 29.9 Å². The van der Waals surface area contributed by atoms with Gasteiger partial charge < -0.3 is 49.7 Å². The molecule has 15 nitrogen and oxygen atoms in total. The largest absolute Gasteiger partial charge is 0.396 e. The predicted octanol–water partition coefficient (Wildman–Crippen LogP) is -1.64. The van der Waals surface area contributed by atoms with Crippen LogP contribution in [0.1, 0.15) is 12.8 Å². The molecule has 0 aliphatic heterocycles. The average Bonchev–Trinajstić information content (AvgIpc) is 2.30. The van der Waals surface area contributed by atoms with Crippen LogP contribution in [-0.4, -0.2) is 79.1 Å². The van der Waals surface area contributed by atoms with Crippen LogP contribution in [0.4, 0.5) is 0 Å². The van der Waals surface area contributed by atoms with E-state index in [-0.39, 0.29) is 4.90 Å². The van der Waals surface area contributed by atoms with Crippen LogP contribution in [0.15, 0.2) is 0 Å². The minimum atomic E-state index is -5.93. The predicted molar refractivity (Wildman–Crippen MR) is 86.5 cm³/mol. The maximum Gasteiger partial charge on any atom is 0.355 e. The van der Waals surface area contributed by atoms with Gasteiger partial charge in [-0.2, -0.15) is 0 Å². The van der Waals surface area contributed by atoms with Crippen LogP contribution < -0.4 is 0 Å². The number of nitrogens with one attached hydrogen (secondary N) is 1. The van der Waals surface area contributed by atoms with Crippen molar-refractivity contribution >= 4 is 36.6 Å². The van der Waals surface area contributed by atoms with Crippen LogP contribution in [0, 0.1) is 5.41 Å². The van der Waals surface area contributed by atoms with Gasteiger partial charge in [-0.3, -0.25) is 23.2 Å². The molecule has 0 aliphatic rings. The van der Waals surface area contributed by atoms with E-state index in [1.807, 2.05) is 0 Å². The fraction of sp³-hybridized carbons (Fsp3) is 0.857. The second-order valence-electron chi connectivity index (χ2n) is 5.10. The molecule has 0 saturated carbocycles. The summed E-state index contributed by atoms with van der Waals surface area (Å²) in [5.41, 5.74) is -6.64. The summed E-state index contributed by atoms with van der Waals surface area (Å²) in [4.78, 5) is 74.1. The third-order valence-corrected chi connectivity index (χ3v) is 10.1. The quantitative estimate of drug-likeness (QED) is 0.121. The maximum atomic E-state index is 11.6. The van der Waals surface area contributed by atoms with Crippen molar-refractivity contribution in [3.8, 4) is 0 Å². The Bertz CT molecular complexity index is 582. The van der Waals surface area contributed by atoms with E-state index in [0.29, 0.717) is 6.21 Å². The minimum Gasteiger partial charge on any atom is -0.396 e. The van der Waals surface area contributed by atoms with Gasteiger partial charge in [0, 0.05) is 12.6 Å². The van der Waals surface area contributed by atoms with Gasteiger partial charge in [0.05, 0.1) is 0 Å². The van der Waals surface area contributed by atoms with Crippen molar-refractivity contribution in [2.24, 2.45) is 0 Å². The van der Waals surface area contributed by atoms with Crippen LogP contribution in [-0.2, 0) is 18.3 Å². The lowest BCUT2D eigenvalue weighted by molar-refractivity contribution is 0.132. The lowest BCUT2D eigenvalue weighted by Gasteiger charge is -2.42. The van der Waals surface area contributed by atoms with E-state index in [1.165, 1.54) is 0 Å². The summed E-state index contributed by atoms with van der Waals surface area (Å²) in [6.45, 7) is -0.848. The molecule has 0 aromatic carbocycles. The molecule has 0 rings (SSSR count). The standard InChI is InChI=1S/C7H20N2O13P4/c8-3-1-5(2-4-10)9(6(23(11,12)13)24(14,15)16)7(25(17,18)19)26(20,21)22/h3,5-8,10H,1-2,4H2,(H2,11,12,13)(H2,14,15,16)(H2,17,18,19)(H2,20,21,22). The lowest BCUT2D eigenvalue weighted by Crippen LogP contribution is -2.49. The molecule has 1 unspecified atom stereocenters. The van der Waals surface area contributed by atoms with E-state index in [4.69, 9.17) is 10.5 Å². The first-order valence-electron chi connectivity index (χ1n) is 6.47. The lowest BCUT2D eigenvalue weighted by atomic mass is 10.1. The molecule has 0 amide bonds. The van der Waals surface area contributed by atoms with Gasteiger partial charge >= 0.3 is 30.4 Å². The Kier molecular flexibility index (Phi) is 9.19. The average molecular weight is 464 g/mol. The summed E-state index contributed by atoms with van der Waals surface area (Å²) in [7, 11) is -23.7. The number of hydrogen-bond donors (Lipinski definition) is 10. The van der Waals surface area contributed by atoms with Crippen LogP contribution >= 0.6 is 30.4 Å². The molecule has 0 aromatic heterocycles. The fourth-order valence-electron chi connectivity index (χ4n) is 2.26.